The highest BCUT2D eigenvalue weighted by molar-refractivity contribution is 7.80. The number of halogens is 1. The van der Waals surface area contributed by atoms with Crippen LogP contribution in [0.25, 0.3) is 0 Å². The molecule has 0 unspecified atom stereocenters. The van der Waals surface area contributed by atoms with Crippen molar-refractivity contribution in [1.82, 2.24) is 5.01 Å². The van der Waals surface area contributed by atoms with E-state index in [4.69, 9.17) is 23.8 Å². The summed E-state index contributed by atoms with van der Waals surface area (Å²) in [6.45, 7) is 3.89. The van der Waals surface area contributed by atoms with Crippen molar-refractivity contribution in [3.8, 4) is 0 Å². The molecule has 0 saturated carbocycles. The number of amides is 1. The number of carbonyl (C=O) groups excluding carboxylic acids is 1. The van der Waals surface area contributed by atoms with Gasteiger partial charge in [0.1, 0.15) is 6.54 Å². The van der Waals surface area contributed by atoms with Gasteiger partial charge >= 0.3 is 0 Å². The quantitative estimate of drug-likeness (QED) is 0.618. The van der Waals surface area contributed by atoms with E-state index in [1.165, 1.54) is 9.91 Å². The number of hydrogen-bond acceptors (Lipinski definition) is 3. The normalized spacial score (nSPS) is 15.3. The first kappa shape index (κ1) is 13.0. The number of carbonyl (C=O) groups is 1. The van der Waals surface area contributed by atoms with Gasteiger partial charge in [-0.05, 0) is 50.3 Å². The summed E-state index contributed by atoms with van der Waals surface area (Å²) in [5, 5.41) is 6.76. The van der Waals surface area contributed by atoms with E-state index in [1.54, 1.807) is 24.3 Å². The standard InChI is InChI=1S/C12H12ClN3OS/c1-8(2)14-15-7-11(17)16(12(15)18)10-5-3-9(13)4-6-10/h3-6H,7H2,1-2H3. The van der Waals surface area contributed by atoms with E-state index in [2.05, 4.69) is 5.10 Å². The summed E-state index contributed by atoms with van der Waals surface area (Å²) >= 11 is 11.1. The Morgan fingerprint density at radius 3 is 2.50 bits per heavy atom. The molecule has 1 aromatic rings. The second kappa shape index (κ2) is 5.04. The molecule has 1 aromatic carbocycles. The van der Waals surface area contributed by atoms with Gasteiger partial charge in [0.2, 0.25) is 5.11 Å². The Hall–Kier alpha value is -1.46. The lowest BCUT2D eigenvalue weighted by atomic mass is 10.3. The Kier molecular flexibility index (Phi) is 3.63. The number of hydrogen-bond donors (Lipinski definition) is 0. The van der Waals surface area contributed by atoms with Crippen molar-refractivity contribution >= 4 is 46.2 Å². The van der Waals surface area contributed by atoms with Crippen LogP contribution in [0.15, 0.2) is 29.4 Å². The Morgan fingerprint density at radius 1 is 1.33 bits per heavy atom. The molecule has 4 nitrogen and oxygen atoms in total. The molecule has 6 heteroatoms. The fourth-order valence-electron chi connectivity index (χ4n) is 1.65. The van der Waals surface area contributed by atoms with E-state index in [9.17, 15) is 4.79 Å². The first-order chi connectivity index (χ1) is 8.49. The predicted octanol–water partition coefficient (Wildman–Crippen LogP) is 2.67. The second-order valence-corrected chi connectivity index (χ2v) is 4.89. The summed E-state index contributed by atoms with van der Waals surface area (Å²) in [5.41, 5.74) is 1.56. The van der Waals surface area contributed by atoms with E-state index in [-0.39, 0.29) is 12.5 Å². The monoisotopic (exact) mass is 281 g/mol. The molecule has 0 bridgehead atoms. The Labute approximate surface area is 116 Å². The number of anilines is 1. The molecule has 0 N–H and O–H groups in total. The lowest BCUT2D eigenvalue weighted by molar-refractivity contribution is -0.116. The number of thiocarbonyl (C=S) groups is 1. The number of nitrogens with zero attached hydrogens (tertiary/aromatic N) is 3. The van der Waals surface area contributed by atoms with Crippen LogP contribution in [0.1, 0.15) is 13.8 Å². The third kappa shape index (κ3) is 2.52. The van der Waals surface area contributed by atoms with Crippen LogP contribution in [0.2, 0.25) is 5.02 Å². The summed E-state index contributed by atoms with van der Waals surface area (Å²) < 4.78 is 0. The zero-order chi connectivity index (χ0) is 13.3. The molecule has 1 fully saturated rings. The zero-order valence-corrected chi connectivity index (χ0v) is 11.6. The fraction of sp³-hybridized carbons (Fsp3) is 0.250. The van der Waals surface area contributed by atoms with Gasteiger partial charge in [-0.25, -0.2) is 5.01 Å². The van der Waals surface area contributed by atoms with Crippen molar-refractivity contribution in [2.24, 2.45) is 5.10 Å². The van der Waals surface area contributed by atoms with Crippen molar-refractivity contribution in [3.05, 3.63) is 29.3 Å². The van der Waals surface area contributed by atoms with Gasteiger partial charge in [-0.15, -0.1) is 0 Å². The Morgan fingerprint density at radius 2 is 1.94 bits per heavy atom. The van der Waals surface area contributed by atoms with Crippen LogP contribution in [-0.4, -0.2) is 28.3 Å². The van der Waals surface area contributed by atoms with Crippen molar-refractivity contribution in [3.63, 3.8) is 0 Å². The fourth-order valence-corrected chi connectivity index (χ4v) is 2.09. The molecule has 2 rings (SSSR count). The molecule has 0 radical (unpaired) electrons. The van der Waals surface area contributed by atoms with Gasteiger partial charge in [-0.3, -0.25) is 9.69 Å². The summed E-state index contributed by atoms with van der Waals surface area (Å²) in [7, 11) is 0. The molecule has 0 spiro atoms. The predicted molar refractivity (Wildman–Crippen MR) is 77.0 cm³/mol. The highest BCUT2D eigenvalue weighted by Crippen LogP contribution is 2.23. The van der Waals surface area contributed by atoms with Crippen LogP contribution in [0.4, 0.5) is 5.69 Å². The molecule has 1 amide bonds. The van der Waals surface area contributed by atoms with Gasteiger partial charge in [-0.2, -0.15) is 5.10 Å². The summed E-state index contributed by atoms with van der Waals surface area (Å²) in [5.74, 6) is -0.0904. The van der Waals surface area contributed by atoms with E-state index >= 15 is 0 Å². The molecule has 1 aliphatic rings. The van der Waals surface area contributed by atoms with Crippen molar-refractivity contribution in [2.75, 3.05) is 11.4 Å². The van der Waals surface area contributed by atoms with Crippen LogP contribution in [0, 0.1) is 0 Å². The number of hydrazone groups is 1. The molecular weight excluding hydrogens is 270 g/mol. The topological polar surface area (TPSA) is 35.9 Å². The SMILES string of the molecule is CC(C)=NN1CC(=O)N(c2ccc(Cl)cc2)C1=S. The van der Waals surface area contributed by atoms with Crippen molar-refractivity contribution in [1.29, 1.82) is 0 Å². The lowest BCUT2D eigenvalue weighted by Gasteiger charge is -2.17. The molecule has 1 heterocycles. The Bertz CT molecular complexity index is 523. The van der Waals surface area contributed by atoms with E-state index < -0.39 is 0 Å². The minimum Gasteiger partial charge on any atom is -0.272 e. The van der Waals surface area contributed by atoms with E-state index in [0.29, 0.717) is 15.8 Å². The largest absolute Gasteiger partial charge is 0.272 e. The van der Waals surface area contributed by atoms with Crippen LogP contribution < -0.4 is 4.90 Å². The molecule has 18 heavy (non-hydrogen) atoms. The maximum Gasteiger partial charge on any atom is 0.255 e. The van der Waals surface area contributed by atoms with Gasteiger partial charge in [0, 0.05) is 10.7 Å². The molecular formula is C12H12ClN3OS. The minimum absolute atomic E-state index is 0.0904. The molecule has 1 aliphatic heterocycles. The highest BCUT2D eigenvalue weighted by atomic mass is 35.5. The van der Waals surface area contributed by atoms with E-state index in [0.717, 1.165) is 5.71 Å². The molecule has 94 valence electrons. The smallest absolute Gasteiger partial charge is 0.255 e. The Balaban J connectivity index is 2.29. The molecule has 1 saturated heterocycles. The van der Waals surface area contributed by atoms with Gasteiger partial charge in [-0.1, -0.05) is 11.6 Å². The zero-order valence-electron chi connectivity index (χ0n) is 10.1. The summed E-state index contributed by atoms with van der Waals surface area (Å²) in [6.07, 6.45) is 0. The molecule has 0 aliphatic carbocycles. The van der Waals surface area contributed by atoms with Crippen LogP contribution in [0.3, 0.4) is 0 Å². The number of rotatable bonds is 2. The van der Waals surface area contributed by atoms with Crippen molar-refractivity contribution < 1.29 is 4.79 Å². The first-order valence-electron chi connectivity index (χ1n) is 5.41. The lowest BCUT2D eigenvalue weighted by Crippen LogP contribution is -2.31. The maximum absolute atomic E-state index is 12.0. The summed E-state index contributed by atoms with van der Waals surface area (Å²) in [6, 6.07) is 6.98. The average Bonchev–Trinajstić information content (AvgIpc) is 2.55. The maximum atomic E-state index is 12.0. The van der Waals surface area contributed by atoms with Crippen LogP contribution >= 0.6 is 23.8 Å². The van der Waals surface area contributed by atoms with E-state index in [1.807, 2.05) is 13.8 Å². The van der Waals surface area contributed by atoms with Crippen LogP contribution in [0.5, 0.6) is 0 Å². The highest BCUT2D eigenvalue weighted by Gasteiger charge is 2.33. The van der Waals surface area contributed by atoms with Crippen LogP contribution in [-0.2, 0) is 4.79 Å². The molecule has 0 atom stereocenters. The van der Waals surface area contributed by atoms with Crippen molar-refractivity contribution in [2.45, 2.75) is 13.8 Å². The summed E-state index contributed by atoms with van der Waals surface area (Å²) in [4.78, 5) is 13.4. The number of benzene rings is 1. The average molecular weight is 282 g/mol. The second-order valence-electron chi connectivity index (χ2n) is 4.09. The molecule has 0 aromatic heterocycles. The van der Waals surface area contributed by atoms with Gasteiger partial charge in [0.15, 0.2) is 0 Å². The third-order valence-corrected chi connectivity index (χ3v) is 3.00. The minimum atomic E-state index is -0.0904. The third-order valence-electron chi connectivity index (χ3n) is 2.35. The van der Waals surface area contributed by atoms with Gasteiger partial charge < -0.3 is 0 Å². The van der Waals surface area contributed by atoms with Gasteiger partial charge in [0.25, 0.3) is 5.91 Å². The first-order valence-corrected chi connectivity index (χ1v) is 6.19. The van der Waals surface area contributed by atoms with Gasteiger partial charge in [0.05, 0.1) is 5.69 Å².